The van der Waals surface area contributed by atoms with Crippen LogP contribution >= 0.6 is 0 Å². The number of likely N-dealkylation sites (tertiary alicyclic amines) is 1. The first-order chi connectivity index (χ1) is 17.4. The Morgan fingerprint density at radius 2 is 1.97 bits per heavy atom. The Kier molecular flexibility index (Phi) is 9.35. The van der Waals surface area contributed by atoms with Crippen molar-refractivity contribution in [2.75, 3.05) is 31.6 Å². The Morgan fingerprint density at radius 3 is 2.75 bits per heavy atom. The van der Waals surface area contributed by atoms with E-state index in [2.05, 4.69) is 17.4 Å². The van der Waals surface area contributed by atoms with Gasteiger partial charge in [-0.3, -0.25) is 9.69 Å². The van der Waals surface area contributed by atoms with Crippen molar-refractivity contribution in [3.8, 4) is 0 Å². The number of fused-ring (bicyclic) bond motifs is 1. The van der Waals surface area contributed by atoms with E-state index in [9.17, 15) is 9.90 Å². The number of ether oxygens (including phenoxy) is 2. The number of aliphatic carboxylic acids is 1. The molecule has 0 radical (unpaired) electrons. The van der Waals surface area contributed by atoms with Crippen LogP contribution in [0, 0.1) is 0 Å². The first kappa shape index (κ1) is 26.6. The minimum atomic E-state index is -0.827. The van der Waals surface area contributed by atoms with Gasteiger partial charge in [-0.25, -0.2) is 4.98 Å². The van der Waals surface area contributed by atoms with Crippen molar-refractivity contribution >= 4 is 11.8 Å². The topological polar surface area (TPSA) is 83.9 Å². The summed E-state index contributed by atoms with van der Waals surface area (Å²) in [7, 11) is 0. The fourth-order valence-electron chi connectivity index (χ4n) is 5.39. The van der Waals surface area contributed by atoms with Crippen LogP contribution in [0.4, 0.5) is 5.82 Å². The molecule has 1 saturated heterocycles. The minimum Gasteiger partial charge on any atom is -0.480 e. The number of unbranched alkanes of at least 4 members (excludes halogenated alkanes) is 1. The minimum absolute atomic E-state index is 0.0643. The number of aromatic nitrogens is 1. The predicted octanol–water partition coefficient (Wildman–Crippen LogP) is 5.17. The van der Waals surface area contributed by atoms with Crippen molar-refractivity contribution in [3.63, 3.8) is 0 Å². The Morgan fingerprint density at radius 1 is 1.17 bits per heavy atom. The Labute approximate surface area is 215 Å². The maximum atomic E-state index is 12.4. The SMILES string of the molecule is CC(C)O[C@H](C)c1ccccc1C(C(=O)O)N1CCC(OCCCCc2ccc3c(n2)NCCC3)C1. The van der Waals surface area contributed by atoms with Crippen LogP contribution in [0.15, 0.2) is 36.4 Å². The van der Waals surface area contributed by atoms with E-state index in [1.807, 2.05) is 49.9 Å². The summed E-state index contributed by atoms with van der Waals surface area (Å²) in [6.07, 6.45) is 6.05. The zero-order valence-corrected chi connectivity index (χ0v) is 21.9. The molecule has 36 heavy (non-hydrogen) atoms. The molecule has 0 saturated carbocycles. The fourth-order valence-corrected chi connectivity index (χ4v) is 5.39. The van der Waals surface area contributed by atoms with E-state index in [4.69, 9.17) is 14.5 Å². The van der Waals surface area contributed by atoms with Crippen LogP contribution in [0.1, 0.15) is 81.0 Å². The van der Waals surface area contributed by atoms with Gasteiger partial charge in [0.15, 0.2) is 0 Å². The molecule has 0 spiro atoms. The van der Waals surface area contributed by atoms with E-state index < -0.39 is 12.0 Å². The second-order valence-corrected chi connectivity index (χ2v) is 10.3. The molecular formula is C29H41N3O4. The van der Waals surface area contributed by atoms with Crippen molar-refractivity contribution in [1.29, 1.82) is 0 Å². The molecule has 0 bridgehead atoms. The summed E-state index contributed by atoms with van der Waals surface area (Å²) in [5.74, 6) is 0.229. The number of hydrogen-bond acceptors (Lipinski definition) is 6. The lowest BCUT2D eigenvalue weighted by atomic mass is 9.96. The summed E-state index contributed by atoms with van der Waals surface area (Å²) in [5, 5.41) is 13.6. The number of nitrogens with zero attached hydrogens (tertiary/aromatic N) is 2. The molecule has 2 aliphatic rings. The van der Waals surface area contributed by atoms with Crippen molar-refractivity contribution in [1.82, 2.24) is 9.88 Å². The molecule has 3 atom stereocenters. The zero-order chi connectivity index (χ0) is 25.5. The van der Waals surface area contributed by atoms with E-state index in [1.165, 1.54) is 12.0 Å². The molecule has 0 amide bonds. The summed E-state index contributed by atoms with van der Waals surface area (Å²) in [6.45, 7) is 9.02. The molecule has 1 fully saturated rings. The third kappa shape index (κ3) is 6.84. The quantitative estimate of drug-likeness (QED) is 0.393. The van der Waals surface area contributed by atoms with Crippen LogP contribution in [0.3, 0.4) is 0 Å². The Bertz CT molecular complexity index is 1010. The van der Waals surface area contributed by atoms with Gasteiger partial charge in [0.1, 0.15) is 11.9 Å². The number of benzene rings is 1. The average Bonchev–Trinajstić information content (AvgIpc) is 3.31. The summed E-state index contributed by atoms with van der Waals surface area (Å²) in [5.41, 5.74) is 4.21. The molecule has 2 N–H and O–H groups in total. The second kappa shape index (κ2) is 12.7. The highest BCUT2D eigenvalue weighted by Crippen LogP contribution is 2.33. The van der Waals surface area contributed by atoms with Crippen LogP contribution in [-0.4, -0.2) is 59.4 Å². The lowest BCUT2D eigenvalue weighted by Gasteiger charge is -2.28. The van der Waals surface area contributed by atoms with Crippen LogP contribution in [0.2, 0.25) is 0 Å². The van der Waals surface area contributed by atoms with E-state index in [0.717, 1.165) is 61.3 Å². The lowest BCUT2D eigenvalue weighted by Crippen LogP contribution is -2.34. The molecule has 2 unspecified atom stereocenters. The molecule has 4 rings (SSSR count). The molecule has 3 heterocycles. The fraction of sp³-hybridized carbons (Fsp3) is 0.586. The maximum Gasteiger partial charge on any atom is 0.325 e. The number of carbonyl (C=O) groups is 1. The lowest BCUT2D eigenvalue weighted by molar-refractivity contribution is -0.143. The maximum absolute atomic E-state index is 12.4. The first-order valence-electron chi connectivity index (χ1n) is 13.5. The van der Waals surface area contributed by atoms with Gasteiger partial charge in [0.2, 0.25) is 0 Å². The molecule has 7 heteroatoms. The van der Waals surface area contributed by atoms with E-state index in [-0.39, 0.29) is 18.3 Å². The summed E-state index contributed by atoms with van der Waals surface area (Å²) in [6, 6.07) is 11.4. The number of rotatable bonds is 12. The highest BCUT2D eigenvalue weighted by Gasteiger charge is 2.35. The third-order valence-corrected chi connectivity index (χ3v) is 7.11. The van der Waals surface area contributed by atoms with E-state index in [0.29, 0.717) is 19.7 Å². The molecule has 2 aliphatic heterocycles. The standard InChI is InChI=1S/C29H41N3O4/c1-20(2)36-21(3)25-11-4-5-12-26(25)27(29(33)34)32-17-15-24(19-32)35-18-7-6-10-23-14-13-22-9-8-16-30-28(22)31-23/h4-5,11-14,20-21,24,27H,6-10,15-19H2,1-3H3,(H,30,31)(H,33,34)/t21-,24?,27?/m1/s1. The number of hydrogen-bond donors (Lipinski definition) is 2. The third-order valence-electron chi connectivity index (χ3n) is 7.11. The summed E-state index contributed by atoms with van der Waals surface area (Å²) >= 11 is 0. The van der Waals surface area contributed by atoms with Crippen molar-refractivity contribution in [3.05, 3.63) is 58.8 Å². The molecule has 2 aromatic rings. The summed E-state index contributed by atoms with van der Waals surface area (Å²) < 4.78 is 12.1. The highest BCUT2D eigenvalue weighted by molar-refractivity contribution is 5.76. The van der Waals surface area contributed by atoms with Crippen molar-refractivity contribution in [2.45, 2.75) is 83.6 Å². The van der Waals surface area contributed by atoms with E-state index in [1.54, 1.807) is 0 Å². The first-order valence-corrected chi connectivity index (χ1v) is 13.5. The summed E-state index contributed by atoms with van der Waals surface area (Å²) in [4.78, 5) is 19.2. The number of anilines is 1. The van der Waals surface area contributed by atoms with Gasteiger partial charge in [0.05, 0.1) is 18.3 Å². The normalized spacial score (nSPS) is 19.6. The average molecular weight is 496 g/mol. The van der Waals surface area contributed by atoms with Gasteiger partial charge in [-0.05, 0) is 82.1 Å². The molecule has 1 aromatic carbocycles. The highest BCUT2D eigenvalue weighted by atomic mass is 16.5. The molecule has 0 aliphatic carbocycles. The van der Waals surface area contributed by atoms with Crippen molar-refractivity contribution < 1.29 is 19.4 Å². The Hall–Kier alpha value is -2.48. The van der Waals surface area contributed by atoms with Crippen molar-refractivity contribution in [2.24, 2.45) is 0 Å². The van der Waals surface area contributed by atoms with Crippen LogP contribution in [-0.2, 0) is 27.1 Å². The number of carboxylic acids is 1. The zero-order valence-electron chi connectivity index (χ0n) is 21.9. The molecule has 7 nitrogen and oxygen atoms in total. The number of nitrogens with one attached hydrogen (secondary N) is 1. The van der Waals surface area contributed by atoms with Gasteiger partial charge >= 0.3 is 5.97 Å². The van der Waals surface area contributed by atoms with Gasteiger partial charge in [-0.2, -0.15) is 0 Å². The van der Waals surface area contributed by atoms with Gasteiger partial charge < -0.3 is 19.9 Å². The van der Waals surface area contributed by atoms with Gasteiger partial charge in [0.25, 0.3) is 0 Å². The number of carboxylic acid groups (broad SMARTS) is 1. The molecule has 1 aromatic heterocycles. The second-order valence-electron chi connectivity index (χ2n) is 10.3. The van der Waals surface area contributed by atoms with Crippen LogP contribution in [0.5, 0.6) is 0 Å². The smallest absolute Gasteiger partial charge is 0.325 e. The van der Waals surface area contributed by atoms with Gasteiger partial charge in [0, 0.05) is 31.9 Å². The predicted molar refractivity (Wildman–Crippen MR) is 141 cm³/mol. The van der Waals surface area contributed by atoms with Crippen LogP contribution in [0.25, 0.3) is 0 Å². The Balaban J connectivity index is 1.26. The largest absolute Gasteiger partial charge is 0.480 e. The van der Waals surface area contributed by atoms with Crippen LogP contribution < -0.4 is 5.32 Å². The monoisotopic (exact) mass is 495 g/mol. The number of aryl methyl sites for hydroxylation is 2. The number of pyridine rings is 1. The van der Waals surface area contributed by atoms with Gasteiger partial charge in [-0.1, -0.05) is 30.3 Å². The van der Waals surface area contributed by atoms with Gasteiger partial charge in [-0.15, -0.1) is 0 Å². The molecule has 196 valence electrons. The molecular weight excluding hydrogens is 454 g/mol. The van der Waals surface area contributed by atoms with E-state index >= 15 is 0 Å².